The summed E-state index contributed by atoms with van der Waals surface area (Å²) in [4.78, 5) is 23.8. The van der Waals surface area contributed by atoms with Crippen molar-refractivity contribution in [1.82, 2.24) is 10.2 Å². The van der Waals surface area contributed by atoms with Crippen LogP contribution in [0.15, 0.2) is 24.3 Å². The molecular formula is C12H13N3O3. The minimum Gasteiger partial charge on any atom is -0.324 e. The van der Waals surface area contributed by atoms with Crippen molar-refractivity contribution in [2.24, 2.45) is 0 Å². The average molecular weight is 247 g/mol. The van der Waals surface area contributed by atoms with E-state index in [1.165, 1.54) is 12.1 Å². The van der Waals surface area contributed by atoms with Gasteiger partial charge in [-0.3, -0.25) is 20.2 Å². The number of hydrogen-bond acceptors (Lipinski definition) is 4. The van der Waals surface area contributed by atoms with Crippen molar-refractivity contribution in [2.75, 3.05) is 7.05 Å². The van der Waals surface area contributed by atoms with Crippen LogP contribution in [0, 0.1) is 10.1 Å². The Morgan fingerprint density at radius 3 is 2.44 bits per heavy atom. The van der Waals surface area contributed by atoms with Gasteiger partial charge in [0.25, 0.3) is 5.69 Å². The molecule has 1 aliphatic carbocycles. The summed E-state index contributed by atoms with van der Waals surface area (Å²) in [5.41, 5.74) is 0.577. The Morgan fingerprint density at radius 2 is 2.00 bits per heavy atom. The van der Waals surface area contributed by atoms with Crippen LogP contribution in [0.5, 0.6) is 0 Å². The fourth-order valence-electron chi connectivity index (χ4n) is 2.44. The van der Waals surface area contributed by atoms with Gasteiger partial charge in [-0.1, -0.05) is 0 Å². The minimum absolute atomic E-state index is 0.0619. The molecule has 1 atom stereocenters. The summed E-state index contributed by atoms with van der Waals surface area (Å²) in [5.74, 6) is 0.117. The number of nitrogens with zero attached hydrogens (tertiary/aromatic N) is 2. The second-order valence-electron chi connectivity index (χ2n) is 4.89. The summed E-state index contributed by atoms with van der Waals surface area (Å²) in [5, 5.41) is 13.9. The fraction of sp³-hybridized carbons (Fsp3) is 0.417. The predicted molar refractivity (Wildman–Crippen MR) is 63.7 cm³/mol. The maximum atomic E-state index is 12.0. The van der Waals surface area contributed by atoms with Gasteiger partial charge >= 0.3 is 0 Å². The highest BCUT2D eigenvalue weighted by molar-refractivity contribution is 5.91. The number of nitro groups is 1. The van der Waals surface area contributed by atoms with Gasteiger partial charge < -0.3 is 4.90 Å². The number of likely N-dealkylation sites (N-methyl/N-ethyl adjacent to an activating group) is 1. The Balaban J connectivity index is 1.87. The van der Waals surface area contributed by atoms with Gasteiger partial charge in [0.15, 0.2) is 0 Å². The Bertz CT molecular complexity index is 522. The van der Waals surface area contributed by atoms with Gasteiger partial charge in [-0.05, 0) is 30.5 Å². The fourth-order valence-corrected chi connectivity index (χ4v) is 2.44. The van der Waals surface area contributed by atoms with Crippen molar-refractivity contribution < 1.29 is 9.72 Å². The third-order valence-electron chi connectivity index (χ3n) is 3.70. The molecule has 1 heterocycles. The maximum Gasteiger partial charge on any atom is 0.269 e. The minimum atomic E-state index is -0.427. The highest BCUT2D eigenvalue weighted by Gasteiger charge is 2.58. The highest BCUT2D eigenvalue weighted by Crippen LogP contribution is 2.45. The third-order valence-corrected chi connectivity index (χ3v) is 3.70. The number of amides is 1. The van der Waals surface area contributed by atoms with Crippen molar-refractivity contribution in [3.8, 4) is 0 Å². The molecule has 1 aromatic rings. The lowest BCUT2D eigenvalue weighted by molar-refractivity contribution is -0.384. The molecule has 1 aliphatic heterocycles. The molecule has 1 spiro atoms. The van der Waals surface area contributed by atoms with Crippen molar-refractivity contribution >= 4 is 11.6 Å². The third kappa shape index (κ3) is 1.49. The second-order valence-corrected chi connectivity index (χ2v) is 4.89. The zero-order valence-electron chi connectivity index (χ0n) is 9.92. The summed E-state index contributed by atoms with van der Waals surface area (Å²) in [6.45, 7) is 0. The topological polar surface area (TPSA) is 75.5 Å². The van der Waals surface area contributed by atoms with Crippen molar-refractivity contribution in [2.45, 2.75) is 24.5 Å². The van der Waals surface area contributed by atoms with Crippen LogP contribution in [-0.4, -0.2) is 28.3 Å². The Kier molecular flexibility index (Phi) is 2.18. The molecule has 1 N–H and O–H groups in total. The molecule has 1 saturated carbocycles. The van der Waals surface area contributed by atoms with E-state index in [0.717, 1.165) is 18.4 Å². The number of benzene rings is 1. The summed E-state index contributed by atoms with van der Waals surface area (Å²) in [7, 11) is 1.76. The Hall–Kier alpha value is -1.95. The van der Waals surface area contributed by atoms with Crippen molar-refractivity contribution in [3.63, 3.8) is 0 Å². The molecule has 0 radical (unpaired) electrons. The number of carbonyl (C=O) groups is 1. The largest absolute Gasteiger partial charge is 0.324 e. The lowest BCUT2D eigenvalue weighted by Gasteiger charge is -2.19. The van der Waals surface area contributed by atoms with E-state index in [0.29, 0.717) is 0 Å². The Labute approximate surface area is 104 Å². The van der Waals surface area contributed by atoms with E-state index in [2.05, 4.69) is 5.32 Å². The van der Waals surface area contributed by atoms with E-state index >= 15 is 0 Å². The molecule has 1 unspecified atom stereocenters. The average Bonchev–Trinajstić information content (AvgIpc) is 3.11. The summed E-state index contributed by atoms with van der Waals surface area (Å²) in [6, 6.07) is 6.32. The van der Waals surface area contributed by atoms with Crippen LogP contribution in [0.3, 0.4) is 0 Å². The van der Waals surface area contributed by atoms with Crippen LogP contribution in [0.1, 0.15) is 24.6 Å². The molecule has 1 amide bonds. The van der Waals surface area contributed by atoms with E-state index < -0.39 is 4.92 Å². The lowest BCUT2D eigenvalue weighted by atomic mass is 10.1. The van der Waals surface area contributed by atoms with Crippen molar-refractivity contribution in [3.05, 3.63) is 39.9 Å². The van der Waals surface area contributed by atoms with Crippen LogP contribution in [0.25, 0.3) is 0 Å². The first-order valence-corrected chi connectivity index (χ1v) is 5.83. The number of hydrogen-bond donors (Lipinski definition) is 1. The van der Waals surface area contributed by atoms with E-state index in [9.17, 15) is 14.9 Å². The van der Waals surface area contributed by atoms with Gasteiger partial charge in [0.05, 0.1) is 4.92 Å². The maximum absolute atomic E-state index is 12.0. The summed E-state index contributed by atoms with van der Waals surface area (Å²) >= 11 is 0. The van der Waals surface area contributed by atoms with Crippen LogP contribution in [0.2, 0.25) is 0 Å². The molecule has 0 bridgehead atoms. The normalized spacial score (nSPS) is 24.6. The highest BCUT2D eigenvalue weighted by atomic mass is 16.6. The molecule has 3 rings (SSSR count). The molecule has 6 heteroatoms. The SMILES string of the molecule is CN1C(=O)C2(CC2)NC1c1ccc([N+](=O)[O-])cc1. The molecule has 0 aromatic heterocycles. The first-order valence-electron chi connectivity index (χ1n) is 5.83. The van der Waals surface area contributed by atoms with E-state index in [1.807, 2.05) is 0 Å². The van der Waals surface area contributed by atoms with Crippen LogP contribution in [-0.2, 0) is 4.79 Å². The molecule has 94 valence electrons. The van der Waals surface area contributed by atoms with Gasteiger partial charge in [0.1, 0.15) is 11.7 Å². The van der Waals surface area contributed by atoms with Gasteiger partial charge in [-0.2, -0.15) is 0 Å². The van der Waals surface area contributed by atoms with Crippen molar-refractivity contribution in [1.29, 1.82) is 0 Å². The number of non-ortho nitro benzene ring substituents is 1. The molecule has 2 aliphatic rings. The van der Waals surface area contributed by atoms with Crippen LogP contribution >= 0.6 is 0 Å². The number of carbonyl (C=O) groups excluding carboxylic acids is 1. The zero-order chi connectivity index (χ0) is 12.9. The van der Waals surface area contributed by atoms with Gasteiger partial charge in [0.2, 0.25) is 5.91 Å². The van der Waals surface area contributed by atoms with Gasteiger partial charge in [-0.15, -0.1) is 0 Å². The van der Waals surface area contributed by atoms with Crippen LogP contribution in [0.4, 0.5) is 5.69 Å². The monoisotopic (exact) mass is 247 g/mol. The molecule has 18 heavy (non-hydrogen) atoms. The summed E-state index contributed by atoms with van der Waals surface area (Å²) in [6.07, 6.45) is 1.57. The molecule has 1 saturated heterocycles. The lowest BCUT2D eigenvalue weighted by Crippen LogP contribution is -2.30. The summed E-state index contributed by atoms with van der Waals surface area (Å²) < 4.78 is 0. The molecule has 2 fully saturated rings. The number of nitrogens with one attached hydrogen (secondary N) is 1. The first kappa shape index (κ1) is 11.2. The quantitative estimate of drug-likeness (QED) is 0.629. The molecule has 1 aromatic carbocycles. The van der Waals surface area contributed by atoms with Crippen LogP contribution < -0.4 is 5.32 Å². The number of nitro benzene ring substituents is 1. The van der Waals surface area contributed by atoms with Gasteiger partial charge in [0, 0.05) is 19.2 Å². The van der Waals surface area contributed by atoms with Gasteiger partial charge in [-0.25, -0.2) is 0 Å². The second kappa shape index (κ2) is 3.52. The molecular weight excluding hydrogens is 234 g/mol. The number of rotatable bonds is 2. The smallest absolute Gasteiger partial charge is 0.269 e. The predicted octanol–water partition coefficient (Wildman–Crippen LogP) is 1.19. The molecule has 6 nitrogen and oxygen atoms in total. The Morgan fingerprint density at radius 1 is 1.39 bits per heavy atom. The van der Waals surface area contributed by atoms with E-state index in [4.69, 9.17) is 0 Å². The standard InChI is InChI=1S/C12H13N3O3/c1-14-10(13-12(6-7-12)11(14)16)8-2-4-9(5-3-8)15(17)18/h2-5,10,13H,6-7H2,1H3. The zero-order valence-corrected chi connectivity index (χ0v) is 9.92. The first-order chi connectivity index (χ1) is 8.53. The van der Waals surface area contributed by atoms with E-state index in [-0.39, 0.29) is 23.3 Å². The van der Waals surface area contributed by atoms with E-state index in [1.54, 1.807) is 24.1 Å².